The molecule has 124 valence electrons. The molecule has 22 heavy (non-hydrogen) atoms. The minimum absolute atomic E-state index is 0.148. The number of ether oxygens (including phenoxy) is 1. The highest BCUT2D eigenvalue weighted by Gasteiger charge is 2.45. The van der Waals surface area contributed by atoms with Crippen molar-refractivity contribution in [3.05, 3.63) is 23.3 Å². The molecule has 1 aliphatic rings. The number of aliphatic hydroxyl groups excluding tert-OH is 3. The molecule has 9 heteroatoms. The number of halogens is 3. The Morgan fingerprint density at radius 3 is 2.32 bits per heavy atom. The standard InChI is InChI=1S/C13H17F3N2O4/c1-5(2)6-3-8(13(14,15)16)18-12(17-6)11-10(21)9(20)7(4-19)22-11/h3,5,7,9-11,19-21H,4H2,1-2H3/t7-,9-,10-,11-/m1/s1. The summed E-state index contributed by atoms with van der Waals surface area (Å²) in [6.07, 6.45) is -10.0. The van der Waals surface area contributed by atoms with Crippen LogP contribution in [0.2, 0.25) is 0 Å². The highest BCUT2D eigenvalue weighted by Crippen LogP contribution is 2.35. The fraction of sp³-hybridized carbons (Fsp3) is 0.692. The van der Waals surface area contributed by atoms with E-state index in [4.69, 9.17) is 9.84 Å². The number of aromatic nitrogens is 2. The number of hydrogen-bond acceptors (Lipinski definition) is 6. The second-order valence-corrected chi connectivity index (χ2v) is 5.45. The maximum absolute atomic E-state index is 12.9. The van der Waals surface area contributed by atoms with E-state index in [1.807, 2.05) is 0 Å². The summed E-state index contributed by atoms with van der Waals surface area (Å²) in [4.78, 5) is 7.40. The topological polar surface area (TPSA) is 95.7 Å². The monoisotopic (exact) mass is 322 g/mol. The minimum Gasteiger partial charge on any atom is -0.394 e. The van der Waals surface area contributed by atoms with Gasteiger partial charge in [-0.2, -0.15) is 13.2 Å². The maximum Gasteiger partial charge on any atom is 0.433 e. The van der Waals surface area contributed by atoms with Crippen LogP contribution in [0.1, 0.15) is 43.1 Å². The summed E-state index contributed by atoms with van der Waals surface area (Å²) in [7, 11) is 0. The molecule has 0 bridgehead atoms. The Balaban J connectivity index is 2.44. The molecule has 0 unspecified atom stereocenters. The van der Waals surface area contributed by atoms with Crippen molar-refractivity contribution in [2.75, 3.05) is 6.61 Å². The van der Waals surface area contributed by atoms with E-state index in [0.29, 0.717) is 0 Å². The molecule has 0 spiro atoms. The van der Waals surface area contributed by atoms with Crippen molar-refractivity contribution in [3.63, 3.8) is 0 Å². The fourth-order valence-corrected chi connectivity index (χ4v) is 2.17. The molecule has 3 N–H and O–H groups in total. The van der Waals surface area contributed by atoms with Crippen LogP contribution in [-0.4, -0.2) is 50.2 Å². The molecule has 0 aromatic carbocycles. The van der Waals surface area contributed by atoms with Gasteiger partial charge in [0, 0.05) is 5.69 Å². The van der Waals surface area contributed by atoms with Gasteiger partial charge in [0.1, 0.15) is 30.1 Å². The van der Waals surface area contributed by atoms with Gasteiger partial charge in [-0.25, -0.2) is 9.97 Å². The summed E-state index contributed by atoms with van der Waals surface area (Å²) in [5, 5.41) is 28.6. The van der Waals surface area contributed by atoms with Gasteiger partial charge in [-0.3, -0.25) is 0 Å². The van der Waals surface area contributed by atoms with E-state index in [1.54, 1.807) is 13.8 Å². The molecular weight excluding hydrogens is 305 g/mol. The molecule has 1 fully saturated rings. The Morgan fingerprint density at radius 2 is 1.86 bits per heavy atom. The number of aliphatic hydroxyl groups is 3. The lowest BCUT2D eigenvalue weighted by atomic mass is 10.1. The van der Waals surface area contributed by atoms with Crippen molar-refractivity contribution in [1.82, 2.24) is 9.97 Å². The first-order chi connectivity index (χ1) is 10.1. The van der Waals surface area contributed by atoms with E-state index >= 15 is 0 Å². The lowest BCUT2D eigenvalue weighted by Crippen LogP contribution is -2.32. The van der Waals surface area contributed by atoms with Crippen LogP contribution in [-0.2, 0) is 10.9 Å². The molecular formula is C13H17F3N2O4. The quantitative estimate of drug-likeness (QED) is 0.761. The van der Waals surface area contributed by atoms with Gasteiger partial charge in [0.2, 0.25) is 0 Å². The smallest absolute Gasteiger partial charge is 0.394 e. The van der Waals surface area contributed by atoms with Crippen LogP contribution < -0.4 is 0 Å². The molecule has 0 radical (unpaired) electrons. The predicted molar refractivity (Wildman–Crippen MR) is 67.8 cm³/mol. The van der Waals surface area contributed by atoms with Gasteiger partial charge in [0.15, 0.2) is 5.82 Å². The highest BCUT2D eigenvalue weighted by atomic mass is 19.4. The second-order valence-electron chi connectivity index (χ2n) is 5.45. The van der Waals surface area contributed by atoms with Crippen molar-refractivity contribution in [3.8, 4) is 0 Å². The zero-order valence-electron chi connectivity index (χ0n) is 11.9. The van der Waals surface area contributed by atoms with Gasteiger partial charge < -0.3 is 20.1 Å². The Kier molecular flexibility index (Phi) is 4.71. The second kappa shape index (κ2) is 6.07. The Hall–Kier alpha value is -1.29. The molecule has 1 aromatic heterocycles. The first-order valence-corrected chi connectivity index (χ1v) is 6.73. The van der Waals surface area contributed by atoms with Crippen molar-refractivity contribution < 1.29 is 33.2 Å². The normalized spacial score (nSPS) is 29.3. The minimum atomic E-state index is -4.67. The van der Waals surface area contributed by atoms with E-state index in [9.17, 15) is 23.4 Å². The van der Waals surface area contributed by atoms with Gasteiger partial charge in [0.25, 0.3) is 0 Å². The van der Waals surface area contributed by atoms with Gasteiger partial charge in [-0.1, -0.05) is 13.8 Å². The first kappa shape index (κ1) is 17.1. The largest absolute Gasteiger partial charge is 0.433 e. The molecule has 0 amide bonds. The van der Waals surface area contributed by atoms with Crippen LogP contribution in [0, 0.1) is 0 Å². The van der Waals surface area contributed by atoms with Gasteiger partial charge in [0.05, 0.1) is 6.61 Å². The summed E-state index contributed by atoms with van der Waals surface area (Å²) in [6, 6.07) is 0.843. The number of nitrogens with zero attached hydrogens (tertiary/aromatic N) is 2. The molecule has 4 atom stereocenters. The SMILES string of the molecule is CC(C)c1cc(C(F)(F)F)nc([C@@H]2O[C@H](CO)[C@@H](O)[C@H]2O)n1. The third-order valence-corrected chi connectivity index (χ3v) is 3.44. The lowest BCUT2D eigenvalue weighted by Gasteiger charge is -2.17. The number of hydrogen-bond donors (Lipinski definition) is 3. The maximum atomic E-state index is 12.9. The Morgan fingerprint density at radius 1 is 1.23 bits per heavy atom. The van der Waals surface area contributed by atoms with Gasteiger partial charge >= 0.3 is 6.18 Å². The molecule has 1 aliphatic heterocycles. The van der Waals surface area contributed by atoms with E-state index < -0.39 is 42.9 Å². The van der Waals surface area contributed by atoms with E-state index in [1.165, 1.54) is 0 Å². The fourth-order valence-electron chi connectivity index (χ4n) is 2.17. The van der Waals surface area contributed by atoms with Crippen molar-refractivity contribution in [2.24, 2.45) is 0 Å². The van der Waals surface area contributed by atoms with Crippen LogP contribution >= 0.6 is 0 Å². The average molecular weight is 322 g/mol. The molecule has 6 nitrogen and oxygen atoms in total. The van der Waals surface area contributed by atoms with Gasteiger partial charge in [-0.05, 0) is 12.0 Å². The molecule has 2 rings (SSSR count). The third kappa shape index (κ3) is 3.22. The molecule has 1 saturated heterocycles. The Bertz CT molecular complexity index is 539. The van der Waals surface area contributed by atoms with Crippen molar-refractivity contribution >= 4 is 0 Å². The van der Waals surface area contributed by atoms with E-state index in [0.717, 1.165) is 6.07 Å². The third-order valence-electron chi connectivity index (χ3n) is 3.44. The van der Waals surface area contributed by atoms with Crippen LogP contribution in [0.5, 0.6) is 0 Å². The molecule has 2 heterocycles. The summed E-state index contributed by atoms with van der Waals surface area (Å²) in [6.45, 7) is 2.76. The van der Waals surface area contributed by atoms with Crippen LogP contribution in [0.3, 0.4) is 0 Å². The predicted octanol–water partition coefficient (Wildman–Crippen LogP) is 0.773. The summed E-state index contributed by atoms with van der Waals surface area (Å²) < 4.78 is 44.0. The Labute approximate surface area is 124 Å². The highest BCUT2D eigenvalue weighted by molar-refractivity contribution is 5.19. The van der Waals surface area contributed by atoms with E-state index in [2.05, 4.69) is 9.97 Å². The molecule has 0 saturated carbocycles. The summed E-state index contributed by atoms with van der Waals surface area (Å²) in [5.74, 6) is -0.652. The molecule has 1 aromatic rings. The zero-order chi connectivity index (χ0) is 16.7. The van der Waals surface area contributed by atoms with E-state index in [-0.39, 0.29) is 17.4 Å². The zero-order valence-corrected chi connectivity index (χ0v) is 11.9. The molecule has 0 aliphatic carbocycles. The van der Waals surface area contributed by atoms with Crippen LogP contribution in [0.25, 0.3) is 0 Å². The lowest BCUT2D eigenvalue weighted by molar-refractivity contribution is -0.141. The summed E-state index contributed by atoms with van der Waals surface area (Å²) >= 11 is 0. The first-order valence-electron chi connectivity index (χ1n) is 6.73. The van der Waals surface area contributed by atoms with Gasteiger partial charge in [-0.15, -0.1) is 0 Å². The van der Waals surface area contributed by atoms with Crippen LogP contribution in [0.15, 0.2) is 6.07 Å². The van der Waals surface area contributed by atoms with Crippen LogP contribution in [0.4, 0.5) is 13.2 Å². The van der Waals surface area contributed by atoms with Crippen molar-refractivity contribution in [2.45, 2.75) is 50.4 Å². The average Bonchev–Trinajstić information content (AvgIpc) is 2.73. The van der Waals surface area contributed by atoms with Crippen molar-refractivity contribution in [1.29, 1.82) is 0 Å². The number of rotatable bonds is 3. The number of alkyl halides is 3. The summed E-state index contributed by atoms with van der Waals surface area (Å²) in [5.41, 5.74) is -0.992.